The Balaban J connectivity index is 1.54. The van der Waals surface area contributed by atoms with Gasteiger partial charge in [-0.15, -0.1) is 0 Å². The zero-order valence-electron chi connectivity index (χ0n) is 16.8. The van der Waals surface area contributed by atoms with E-state index >= 15 is 0 Å². The van der Waals surface area contributed by atoms with Gasteiger partial charge in [-0.05, 0) is 67.3 Å². The van der Waals surface area contributed by atoms with E-state index in [4.69, 9.17) is 10.00 Å². The molecule has 3 rings (SSSR count). The molecule has 0 heterocycles. The number of carbonyl (C=O) groups is 1. The van der Waals surface area contributed by atoms with Gasteiger partial charge in [0.2, 0.25) is 0 Å². The summed E-state index contributed by atoms with van der Waals surface area (Å²) in [5.74, 6) is 0.322. The van der Waals surface area contributed by atoms with Gasteiger partial charge in [-0.2, -0.15) is 5.26 Å². The fourth-order valence-electron chi connectivity index (χ4n) is 3.97. The van der Waals surface area contributed by atoms with Crippen LogP contribution in [0.3, 0.4) is 0 Å². The summed E-state index contributed by atoms with van der Waals surface area (Å²) >= 11 is 0. The van der Waals surface area contributed by atoms with Gasteiger partial charge in [-0.3, -0.25) is 0 Å². The van der Waals surface area contributed by atoms with Gasteiger partial charge in [0.15, 0.2) is 0 Å². The maximum Gasteiger partial charge on any atom is 0.343 e. The van der Waals surface area contributed by atoms with E-state index < -0.39 is 11.8 Å². The van der Waals surface area contributed by atoms with Crippen LogP contribution in [0.15, 0.2) is 42.5 Å². The van der Waals surface area contributed by atoms with E-state index in [1.807, 2.05) is 12.1 Å². The van der Waals surface area contributed by atoms with Crippen molar-refractivity contribution in [3.63, 3.8) is 0 Å². The van der Waals surface area contributed by atoms with Gasteiger partial charge in [-0.25, -0.2) is 9.18 Å². The number of rotatable bonds is 7. The van der Waals surface area contributed by atoms with Crippen LogP contribution < -0.4 is 4.74 Å². The van der Waals surface area contributed by atoms with Crippen LogP contribution in [0.25, 0.3) is 0 Å². The number of carbonyl (C=O) groups excluding carboxylic acids is 1. The highest BCUT2D eigenvalue weighted by molar-refractivity contribution is 6.35. The average Bonchev–Trinajstić information content (AvgIpc) is 2.75. The number of esters is 1. The zero-order valence-corrected chi connectivity index (χ0v) is 17.8. The standard InChI is InChI=1S/C24H26FNO2Si/c1-2-29-14-13-17-3-5-18(6-4-17)19-7-9-20(10-8-19)24(27)28-22-12-11-21(16-26)23(25)15-22/h7-12,15,17-18H,2-6,13-14H2,1H3. The van der Waals surface area contributed by atoms with Gasteiger partial charge in [-0.1, -0.05) is 37.6 Å². The van der Waals surface area contributed by atoms with Crippen molar-refractivity contribution in [2.24, 2.45) is 5.92 Å². The van der Waals surface area contributed by atoms with E-state index in [-0.39, 0.29) is 11.3 Å². The van der Waals surface area contributed by atoms with Crippen LogP contribution in [0.4, 0.5) is 4.39 Å². The number of nitrogens with zero attached hydrogens (tertiary/aromatic N) is 1. The molecular weight excluding hydrogens is 381 g/mol. The van der Waals surface area contributed by atoms with Crippen molar-refractivity contribution in [2.75, 3.05) is 0 Å². The Morgan fingerprint density at radius 2 is 1.90 bits per heavy atom. The van der Waals surface area contributed by atoms with Crippen molar-refractivity contribution in [1.29, 1.82) is 5.26 Å². The minimum atomic E-state index is -0.695. The number of hydrogen-bond donors (Lipinski definition) is 0. The lowest BCUT2D eigenvalue weighted by Crippen LogP contribution is -2.14. The van der Waals surface area contributed by atoms with Gasteiger partial charge in [0, 0.05) is 15.6 Å². The lowest BCUT2D eigenvalue weighted by atomic mass is 9.78. The molecule has 1 aliphatic carbocycles. The summed E-state index contributed by atoms with van der Waals surface area (Å²) in [4.78, 5) is 12.3. The Morgan fingerprint density at radius 3 is 2.52 bits per heavy atom. The Kier molecular flexibility index (Phi) is 7.59. The molecular formula is C24H26FNO2Si. The molecule has 0 atom stereocenters. The summed E-state index contributed by atoms with van der Waals surface area (Å²) in [5.41, 5.74) is 1.64. The van der Waals surface area contributed by atoms with E-state index in [2.05, 4.69) is 6.92 Å². The Hall–Kier alpha value is -2.45. The van der Waals surface area contributed by atoms with Crippen molar-refractivity contribution >= 4 is 15.5 Å². The van der Waals surface area contributed by atoms with Gasteiger partial charge in [0.25, 0.3) is 0 Å². The van der Waals surface area contributed by atoms with Gasteiger partial charge in [0.05, 0.1) is 11.1 Å². The van der Waals surface area contributed by atoms with E-state index in [1.165, 1.54) is 61.9 Å². The predicted octanol–water partition coefficient (Wildman–Crippen LogP) is 6.14. The summed E-state index contributed by atoms with van der Waals surface area (Å²) in [7, 11) is 1.11. The van der Waals surface area contributed by atoms with Crippen LogP contribution in [0.5, 0.6) is 5.75 Å². The topological polar surface area (TPSA) is 50.1 Å². The predicted molar refractivity (Wildman–Crippen MR) is 113 cm³/mol. The SMILES string of the molecule is CC[Si]CCC1CCC(c2ccc(C(=O)Oc3ccc(C#N)c(F)c3)cc2)CC1. The maximum absolute atomic E-state index is 13.7. The lowest BCUT2D eigenvalue weighted by molar-refractivity contribution is 0.0734. The van der Waals surface area contributed by atoms with E-state index in [1.54, 1.807) is 18.2 Å². The molecule has 5 heteroatoms. The Labute approximate surface area is 174 Å². The second-order valence-corrected chi connectivity index (χ2v) is 9.33. The fourth-order valence-corrected chi connectivity index (χ4v) is 4.94. The first-order valence-corrected chi connectivity index (χ1v) is 11.7. The van der Waals surface area contributed by atoms with E-state index in [9.17, 15) is 9.18 Å². The highest BCUT2D eigenvalue weighted by Gasteiger charge is 2.22. The Morgan fingerprint density at radius 1 is 1.17 bits per heavy atom. The van der Waals surface area contributed by atoms with Crippen LogP contribution >= 0.6 is 0 Å². The van der Waals surface area contributed by atoms with Crippen molar-refractivity contribution < 1.29 is 13.9 Å². The fraction of sp³-hybridized carbons (Fsp3) is 0.417. The summed E-state index contributed by atoms with van der Waals surface area (Å²) < 4.78 is 18.9. The normalized spacial score (nSPS) is 18.8. The van der Waals surface area contributed by atoms with Crippen LogP contribution in [0, 0.1) is 23.1 Å². The molecule has 1 saturated carbocycles. The smallest absolute Gasteiger partial charge is 0.343 e. The number of ether oxygens (including phenoxy) is 1. The third-order valence-electron chi connectivity index (χ3n) is 5.72. The molecule has 2 aromatic rings. The number of nitriles is 1. The molecule has 0 aromatic heterocycles. The minimum Gasteiger partial charge on any atom is -0.423 e. The summed E-state index contributed by atoms with van der Waals surface area (Å²) in [6.07, 6.45) is 6.40. The number of benzene rings is 2. The van der Waals surface area contributed by atoms with Crippen LogP contribution in [-0.2, 0) is 0 Å². The van der Waals surface area contributed by atoms with Crippen molar-refractivity contribution in [2.45, 2.75) is 57.0 Å². The number of halogens is 1. The van der Waals surface area contributed by atoms with Crippen LogP contribution in [0.2, 0.25) is 12.1 Å². The summed E-state index contributed by atoms with van der Waals surface area (Å²) in [5, 5.41) is 8.77. The molecule has 150 valence electrons. The summed E-state index contributed by atoms with van der Waals surface area (Å²) in [6, 6.07) is 15.8. The van der Waals surface area contributed by atoms with E-state index in [0.717, 1.165) is 21.5 Å². The largest absolute Gasteiger partial charge is 0.423 e. The molecule has 2 radical (unpaired) electrons. The molecule has 1 fully saturated rings. The van der Waals surface area contributed by atoms with Gasteiger partial charge >= 0.3 is 5.97 Å². The first kappa shape index (κ1) is 21.3. The third-order valence-corrected chi connectivity index (χ3v) is 6.86. The second kappa shape index (κ2) is 10.4. The quantitative estimate of drug-likeness (QED) is 0.240. The highest BCUT2D eigenvalue weighted by atomic mass is 28.2. The third kappa shape index (κ3) is 5.77. The molecule has 29 heavy (non-hydrogen) atoms. The van der Waals surface area contributed by atoms with Gasteiger partial charge < -0.3 is 4.74 Å². The average molecular weight is 408 g/mol. The monoisotopic (exact) mass is 407 g/mol. The number of hydrogen-bond acceptors (Lipinski definition) is 3. The molecule has 3 nitrogen and oxygen atoms in total. The molecule has 0 bridgehead atoms. The molecule has 0 saturated heterocycles. The maximum atomic E-state index is 13.7. The molecule has 0 N–H and O–H groups in total. The molecule has 0 spiro atoms. The van der Waals surface area contributed by atoms with Gasteiger partial charge in [0.1, 0.15) is 17.6 Å². The molecule has 0 amide bonds. The first-order valence-electron chi connectivity index (χ1n) is 10.3. The second-order valence-electron chi connectivity index (χ2n) is 7.62. The molecule has 0 aliphatic heterocycles. The Bertz CT molecular complexity index is 867. The van der Waals surface area contributed by atoms with Crippen molar-refractivity contribution in [3.8, 4) is 11.8 Å². The van der Waals surface area contributed by atoms with Crippen LogP contribution in [0.1, 0.15) is 66.4 Å². The lowest BCUT2D eigenvalue weighted by Gasteiger charge is -2.29. The molecule has 0 unspecified atom stereocenters. The van der Waals surface area contributed by atoms with E-state index in [0.29, 0.717) is 11.5 Å². The summed E-state index contributed by atoms with van der Waals surface area (Å²) in [6.45, 7) is 2.26. The van der Waals surface area contributed by atoms with Crippen molar-refractivity contribution in [1.82, 2.24) is 0 Å². The minimum absolute atomic E-state index is 0.0744. The van der Waals surface area contributed by atoms with Crippen molar-refractivity contribution in [3.05, 3.63) is 65.0 Å². The van der Waals surface area contributed by atoms with Crippen LogP contribution in [-0.4, -0.2) is 15.5 Å². The first-order chi connectivity index (χ1) is 14.1. The zero-order chi connectivity index (χ0) is 20.6. The highest BCUT2D eigenvalue weighted by Crippen LogP contribution is 2.37. The molecule has 2 aromatic carbocycles. The molecule has 1 aliphatic rings.